The maximum atomic E-state index is 11.3. The number of amides is 2. The Kier molecular flexibility index (Phi) is 5.81. The van der Waals surface area contributed by atoms with E-state index in [1.54, 1.807) is 13.8 Å². The van der Waals surface area contributed by atoms with Gasteiger partial charge in [0.15, 0.2) is 0 Å². The topological polar surface area (TPSA) is 81.7 Å². The van der Waals surface area contributed by atoms with E-state index >= 15 is 0 Å². The molecule has 0 aromatic carbocycles. The van der Waals surface area contributed by atoms with Crippen LogP contribution in [-0.4, -0.2) is 55.7 Å². The van der Waals surface area contributed by atoms with Crippen molar-refractivity contribution in [1.82, 2.24) is 15.5 Å². The van der Waals surface area contributed by atoms with Crippen molar-refractivity contribution in [2.75, 3.05) is 33.7 Å². The Morgan fingerprint density at radius 3 is 2.25 bits per heavy atom. The number of carboxylic acids is 1. The second-order valence-electron chi connectivity index (χ2n) is 4.60. The number of nitrogens with zero attached hydrogens (tertiary/aromatic N) is 1. The van der Waals surface area contributed by atoms with Gasteiger partial charge >= 0.3 is 12.0 Å². The van der Waals surface area contributed by atoms with E-state index in [4.69, 9.17) is 5.11 Å². The minimum atomic E-state index is -0.946. The van der Waals surface area contributed by atoms with Gasteiger partial charge in [0, 0.05) is 19.6 Å². The first-order chi connectivity index (χ1) is 7.25. The number of likely N-dealkylation sites (N-methyl/N-ethyl adjacent to an activating group) is 1. The maximum absolute atomic E-state index is 11.3. The minimum absolute atomic E-state index is 0.107. The summed E-state index contributed by atoms with van der Waals surface area (Å²) in [5, 5.41) is 14.0. The van der Waals surface area contributed by atoms with Crippen molar-refractivity contribution in [3.63, 3.8) is 0 Å². The normalized spacial score (nSPS) is 11.3. The first-order valence-electron chi connectivity index (χ1n) is 5.15. The third-order valence-corrected chi connectivity index (χ3v) is 2.11. The molecular weight excluding hydrogens is 210 g/mol. The molecule has 16 heavy (non-hydrogen) atoms. The molecule has 0 saturated carbocycles. The molecular formula is C10H21N3O3. The summed E-state index contributed by atoms with van der Waals surface area (Å²) < 4.78 is 0. The summed E-state index contributed by atoms with van der Waals surface area (Å²) in [6.45, 7) is 4.52. The molecule has 0 aliphatic heterocycles. The number of carbonyl (C=O) groups is 2. The largest absolute Gasteiger partial charge is 0.481 e. The lowest BCUT2D eigenvalue weighted by atomic mass is 9.94. The van der Waals surface area contributed by atoms with Crippen LogP contribution in [0.1, 0.15) is 13.8 Å². The van der Waals surface area contributed by atoms with Gasteiger partial charge in [0.1, 0.15) is 0 Å². The van der Waals surface area contributed by atoms with Crippen LogP contribution in [0, 0.1) is 5.41 Å². The Hall–Kier alpha value is -1.30. The fourth-order valence-electron chi connectivity index (χ4n) is 0.832. The lowest BCUT2D eigenvalue weighted by Gasteiger charge is -2.19. The number of hydrogen-bond donors (Lipinski definition) is 3. The van der Waals surface area contributed by atoms with Crippen molar-refractivity contribution >= 4 is 12.0 Å². The van der Waals surface area contributed by atoms with Crippen LogP contribution in [-0.2, 0) is 4.79 Å². The van der Waals surface area contributed by atoms with Crippen LogP contribution in [0.3, 0.4) is 0 Å². The highest BCUT2D eigenvalue weighted by atomic mass is 16.4. The summed E-state index contributed by atoms with van der Waals surface area (Å²) in [5.74, 6) is -0.930. The van der Waals surface area contributed by atoms with Crippen LogP contribution in [0.4, 0.5) is 4.79 Å². The van der Waals surface area contributed by atoms with Gasteiger partial charge in [-0.15, -0.1) is 0 Å². The number of hydrogen-bond acceptors (Lipinski definition) is 3. The van der Waals surface area contributed by atoms with Gasteiger partial charge in [-0.2, -0.15) is 0 Å². The van der Waals surface area contributed by atoms with Crippen LogP contribution < -0.4 is 10.6 Å². The summed E-state index contributed by atoms with van der Waals surface area (Å²) in [5.41, 5.74) is -0.946. The molecule has 2 amide bonds. The zero-order valence-electron chi connectivity index (χ0n) is 10.3. The standard InChI is InChI=1S/C10H21N3O3/c1-10(2,8(14)15)7-12-9(16)11-5-6-13(3)4/h5-7H2,1-4H3,(H,14,15)(H2,11,12,16). The summed E-state index contributed by atoms with van der Waals surface area (Å²) in [6, 6.07) is -0.337. The monoisotopic (exact) mass is 231 g/mol. The molecule has 0 aromatic heterocycles. The highest BCUT2D eigenvalue weighted by molar-refractivity contribution is 5.77. The summed E-state index contributed by atoms with van der Waals surface area (Å²) in [7, 11) is 3.82. The molecule has 6 nitrogen and oxygen atoms in total. The van der Waals surface area contributed by atoms with Gasteiger partial charge in [-0.25, -0.2) is 4.79 Å². The summed E-state index contributed by atoms with van der Waals surface area (Å²) in [4.78, 5) is 24.0. The lowest BCUT2D eigenvalue weighted by molar-refractivity contribution is -0.146. The Balaban J connectivity index is 3.77. The number of carbonyl (C=O) groups excluding carboxylic acids is 1. The first-order valence-corrected chi connectivity index (χ1v) is 5.15. The Bertz CT molecular complexity index is 252. The van der Waals surface area contributed by atoms with E-state index in [1.807, 2.05) is 19.0 Å². The highest BCUT2D eigenvalue weighted by Gasteiger charge is 2.27. The van der Waals surface area contributed by atoms with Gasteiger partial charge in [-0.1, -0.05) is 0 Å². The fourth-order valence-corrected chi connectivity index (χ4v) is 0.832. The first kappa shape index (κ1) is 14.7. The molecule has 0 unspecified atom stereocenters. The number of rotatable bonds is 6. The Morgan fingerprint density at radius 1 is 1.25 bits per heavy atom. The van der Waals surface area contributed by atoms with E-state index in [0.29, 0.717) is 6.54 Å². The van der Waals surface area contributed by atoms with Crippen molar-refractivity contribution in [2.45, 2.75) is 13.8 Å². The average Bonchev–Trinajstić information content (AvgIpc) is 2.14. The molecule has 0 aliphatic carbocycles. The average molecular weight is 231 g/mol. The second kappa shape index (κ2) is 6.32. The second-order valence-corrected chi connectivity index (χ2v) is 4.60. The molecule has 0 radical (unpaired) electrons. The lowest BCUT2D eigenvalue weighted by Crippen LogP contribution is -2.44. The van der Waals surface area contributed by atoms with E-state index in [9.17, 15) is 9.59 Å². The Morgan fingerprint density at radius 2 is 1.81 bits per heavy atom. The zero-order chi connectivity index (χ0) is 12.8. The third kappa shape index (κ3) is 6.23. The van der Waals surface area contributed by atoms with Gasteiger partial charge in [0.2, 0.25) is 0 Å². The van der Waals surface area contributed by atoms with Crippen LogP contribution in [0.15, 0.2) is 0 Å². The minimum Gasteiger partial charge on any atom is -0.481 e. The smallest absolute Gasteiger partial charge is 0.314 e. The molecule has 0 bridgehead atoms. The van der Waals surface area contributed by atoms with Crippen LogP contribution in [0.5, 0.6) is 0 Å². The third-order valence-electron chi connectivity index (χ3n) is 2.11. The van der Waals surface area contributed by atoms with Gasteiger partial charge in [-0.3, -0.25) is 4.79 Å². The van der Waals surface area contributed by atoms with Gasteiger partial charge < -0.3 is 20.6 Å². The highest BCUT2D eigenvalue weighted by Crippen LogP contribution is 2.12. The van der Waals surface area contributed by atoms with Crippen LogP contribution in [0.25, 0.3) is 0 Å². The maximum Gasteiger partial charge on any atom is 0.314 e. The predicted molar refractivity (Wildman–Crippen MR) is 61.4 cm³/mol. The van der Waals surface area contributed by atoms with Crippen molar-refractivity contribution in [3.05, 3.63) is 0 Å². The SMILES string of the molecule is CN(C)CCNC(=O)NCC(C)(C)C(=O)O. The molecule has 0 spiro atoms. The summed E-state index contributed by atoms with van der Waals surface area (Å²) >= 11 is 0. The van der Waals surface area contributed by atoms with Crippen molar-refractivity contribution in [1.29, 1.82) is 0 Å². The molecule has 0 saturated heterocycles. The van der Waals surface area contributed by atoms with Gasteiger partial charge in [-0.05, 0) is 27.9 Å². The number of carboxylic acid groups (broad SMARTS) is 1. The molecule has 6 heteroatoms. The molecule has 94 valence electrons. The molecule has 0 rings (SSSR count). The molecule has 0 fully saturated rings. The number of nitrogens with one attached hydrogen (secondary N) is 2. The molecule has 0 aliphatic rings. The number of urea groups is 1. The van der Waals surface area contributed by atoms with Crippen molar-refractivity contribution < 1.29 is 14.7 Å². The van der Waals surface area contributed by atoms with E-state index in [0.717, 1.165) is 6.54 Å². The zero-order valence-corrected chi connectivity index (χ0v) is 10.3. The molecule has 3 N–H and O–H groups in total. The van der Waals surface area contributed by atoms with E-state index in [1.165, 1.54) is 0 Å². The van der Waals surface area contributed by atoms with E-state index in [2.05, 4.69) is 10.6 Å². The van der Waals surface area contributed by atoms with E-state index in [-0.39, 0.29) is 12.6 Å². The fraction of sp³-hybridized carbons (Fsp3) is 0.800. The van der Waals surface area contributed by atoms with Crippen molar-refractivity contribution in [3.8, 4) is 0 Å². The predicted octanol–water partition coefficient (Wildman–Crippen LogP) is -0.0420. The quantitative estimate of drug-likeness (QED) is 0.599. The molecule has 0 aromatic rings. The van der Waals surface area contributed by atoms with Gasteiger partial charge in [0.25, 0.3) is 0 Å². The molecule has 0 atom stereocenters. The summed E-state index contributed by atoms with van der Waals surface area (Å²) in [6.07, 6.45) is 0. The Labute approximate surface area is 96.0 Å². The molecule has 0 heterocycles. The van der Waals surface area contributed by atoms with E-state index < -0.39 is 11.4 Å². The number of aliphatic carboxylic acids is 1. The van der Waals surface area contributed by atoms with Crippen LogP contribution in [0.2, 0.25) is 0 Å². The van der Waals surface area contributed by atoms with Crippen LogP contribution >= 0.6 is 0 Å². The van der Waals surface area contributed by atoms with Gasteiger partial charge in [0.05, 0.1) is 5.41 Å². The van der Waals surface area contributed by atoms with Crippen molar-refractivity contribution in [2.24, 2.45) is 5.41 Å².